The molecule has 0 radical (unpaired) electrons. The summed E-state index contributed by atoms with van der Waals surface area (Å²) >= 11 is 0. The van der Waals surface area contributed by atoms with Gasteiger partial charge in [0.05, 0.1) is 0 Å². The van der Waals surface area contributed by atoms with E-state index in [0.717, 1.165) is 11.1 Å². The highest BCUT2D eigenvalue weighted by Gasteiger charge is 2.33. The van der Waals surface area contributed by atoms with E-state index in [1.165, 1.54) is 0 Å². The van der Waals surface area contributed by atoms with Crippen LogP contribution in [0.2, 0.25) is 0 Å². The molecule has 0 bridgehead atoms. The Morgan fingerprint density at radius 3 is 2.43 bits per heavy atom. The maximum Gasteiger partial charge on any atom is 0.522 e. The van der Waals surface area contributed by atoms with Crippen molar-refractivity contribution in [2.45, 2.75) is 31.7 Å². The highest BCUT2D eigenvalue weighted by Crippen LogP contribution is 2.24. The maximum absolute atomic E-state index is 12.7. The number of aryl methyl sites for hydroxylation is 2. The Labute approximate surface area is 174 Å². The van der Waals surface area contributed by atoms with Crippen LogP contribution in [-0.2, 0) is 17.6 Å². The minimum atomic E-state index is -4.72. The fraction of sp³-hybridized carbons (Fsp3) is 0.455. The Bertz CT molecular complexity index is 768. The number of alkyl halides is 4. The second-order valence-corrected chi connectivity index (χ2v) is 7.10. The van der Waals surface area contributed by atoms with E-state index in [1.54, 1.807) is 49.3 Å². The summed E-state index contributed by atoms with van der Waals surface area (Å²) in [5, 5.41) is 0. The van der Waals surface area contributed by atoms with E-state index in [1.807, 2.05) is 18.2 Å². The molecule has 0 saturated heterocycles. The Morgan fingerprint density at radius 2 is 1.73 bits per heavy atom. The normalized spacial score (nSPS) is 12.8. The number of nitrogens with zero attached hydrogens (tertiary/aromatic N) is 1. The van der Waals surface area contributed by atoms with E-state index in [9.17, 15) is 17.6 Å². The van der Waals surface area contributed by atoms with Crippen molar-refractivity contribution in [2.75, 3.05) is 34.1 Å². The number of benzene rings is 2. The number of ether oxygens (including phenoxy) is 3. The average Bonchev–Trinajstić information content (AvgIpc) is 2.68. The van der Waals surface area contributed by atoms with Crippen molar-refractivity contribution in [1.29, 1.82) is 0 Å². The van der Waals surface area contributed by atoms with Crippen molar-refractivity contribution in [1.82, 2.24) is 4.90 Å². The first kappa shape index (κ1) is 24.0. The van der Waals surface area contributed by atoms with Gasteiger partial charge in [0, 0.05) is 6.54 Å². The molecular formula is C22H27F4NO3. The van der Waals surface area contributed by atoms with Crippen molar-refractivity contribution >= 4 is 0 Å². The van der Waals surface area contributed by atoms with Gasteiger partial charge in [-0.1, -0.05) is 30.3 Å². The maximum atomic E-state index is 12.7. The van der Waals surface area contributed by atoms with Crippen LogP contribution >= 0.6 is 0 Å². The molecule has 0 aliphatic rings. The molecule has 2 rings (SSSR count). The van der Waals surface area contributed by atoms with Gasteiger partial charge in [-0.2, -0.15) is 0 Å². The molecule has 2 aromatic carbocycles. The molecule has 2 aromatic rings. The molecule has 4 nitrogen and oxygen atoms in total. The molecule has 0 N–H and O–H groups in total. The smallest absolute Gasteiger partial charge is 0.491 e. The molecular weight excluding hydrogens is 402 g/mol. The van der Waals surface area contributed by atoms with Crippen LogP contribution in [0.25, 0.3) is 0 Å². The quantitative estimate of drug-likeness (QED) is 0.444. The van der Waals surface area contributed by atoms with Gasteiger partial charge in [0.25, 0.3) is 0 Å². The molecule has 166 valence electrons. The van der Waals surface area contributed by atoms with Crippen LogP contribution in [0.15, 0.2) is 48.5 Å². The molecule has 8 heteroatoms. The average molecular weight is 429 g/mol. The van der Waals surface area contributed by atoms with E-state index in [4.69, 9.17) is 9.47 Å². The van der Waals surface area contributed by atoms with Gasteiger partial charge in [0.15, 0.2) is 0 Å². The van der Waals surface area contributed by atoms with Crippen molar-refractivity contribution in [3.63, 3.8) is 0 Å². The van der Waals surface area contributed by atoms with Gasteiger partial charge in [0.1, 0.15) is 24.2 Å². The largest absolute Gasteiger partial charge is 0.522 e. The lowest BCUT2D eigenvalue weighted by Gasteiger charge is -2.22. The molecule has 0 aliphatic carbocycles. The van der Waals surface area contributed by atoms with Gasteiger partial charge < -0.3 is 14.4 Å². The van der Waals surface area contributed by atoms with Crippen LogP contribution in [0.5, 0.6) is 11.5 Å². The molecule has 0 fully saturated rings. The number of rotatable bonds is 12. The third-order valence-electron chi connectivity index (χ3n) is 4.40. The molecule has 0 spiro atoms. The highest BCUT2D eigenvalue weighted by atomic mass is 19.4. The van der Waals surface area contributed by atoms with E-state index >= 15 is 0 Å². The Morgan fingerprint density at radius 1 is 0.967 bits per heavy atom. The van der Waals surface area contributed by atoms with Gasteiger partial charge in [-0.15, -0.1) is 13.2 Å². The van der Waals surface area contributed by atoms with Crippen LogP contribution < -0.4 is 9.47 Å². The summed E-state index contributed by atoms with van der Waals surface area (Å²) in [6.45, 7) is -0.650. The molecule has 0 aliphatic heterocycles. The van der Waals surface area contributed by atoms with Gasteiger partial charge in [-0.25, -0.2) is 4.39 Å². The first-order valence-electron chi connectivity index (χ1n) is 9.64. The minimum absolute atomic E-state index is 0.191. The van der Waals surface area contributed by atoms with E-state index in [-0.39, 0.29) is 13.0 Å². The van der Waals surface area contributed by atoms with Gasteiger partial charge >= 0.3 is 6.36 Å². The predicted molar refractivity (Wildman–Crippen MR) is 106 cm³/mol. The summed E-state index contributed by atoms with van der Waals surface area (Å²) in [4.78, 5) is 1.79. The van der Waals surface area contributed by atoms with Crippen molar-refractivity contribution in [2.24, 2.45) is 0 Å². The summed E-state index contributed by atoms with van der Waals surface area (Å²) < 4.78 is 65.3. The molecule has 1 atom stereocenters. The predicted octanol–water partition coefficient (Wildman–Crippen LogP) is 5.01. The molecule has 0 amide bonds. The molecule has 0 aromatic heterocycles. The summed E-state index contributed by atoms with van der Waals surface area (Å²) in [6, 6.07) is 14.3. The van der Waals surface area contributed by atoms with Crippen LogP contribution in [0.4, 0.5) is 17.6 Å². The van der Waals surface area contributed by atoms with E-state index < -0.39 is 19.3 Å². The molecule has 0 saturated carbocycles. The van der Waals surface area contributed by atoms with Crippen molar-refractivity contribution < 1.29 is 31.8 Å². The summed E-state index contributed by atoms with van der Waals surface area (Å²) in [7, 11) is 3.57. The number of para-hydroxylation sites is 1. The summed E-state index contributed by atoms with van der Waals surface area (Å²) in [5.41, 5.74) is 1.83. The lowest BCUT2D eigenvalue weighted by Crippen LogP contribution is -2.32. The first-order chi connectivity index (χ1) is 14.3. The zero-order valence-corrected chi connectivity index (χ0v) is 17.1. The second-order valence-electron chi connectivity index (χ2n) is 7.10. The second kappa shape index (κ2) is 11.8. The molecule has 0 heterocycles. The van der Waals surface area contributed by atoms with Gasteiger partial charge in [0.2, 0.25) is 6.86 Å². The van der Waals surface area contributed by atoms with Crippen molar-refractivity contribution in [3.05, 3.63) is 59.7 Å². The first-order valence-corrected chi connectivity index (χ1v) is 9.64. The zero-order chi connectivity index (χ0) is 22.0. The van der Waals surface area contributed by atoms with Gasteiger partial charge in [-0.05, 0) is 62.7 Å². The van der Waals surface area contributed by atoms with E-state index in [0.29, 0.717) is 30.9 Å². The Balaban J connectivity index is 2.00. The Hall–Kier alpha value is -2.32. The monoisotopic (exact) mass is 429 g/mol. The fourth-order valence-electron chi connectivity index (χ4n) is 2.93. The topological polar surface area (TPSA) is 30.9 Å². The number of hydrogen-bond donors (Lipinski definition) is 0. The SMILES string of the molecule is CN(C)CC[C@H](COc1ccccc1CCc1cccc(OCF)c1)OC(F)(F)F. The molecule has 30 heavy (non-hydrogen) atoms. The fourth-order valence-corrected chi connectivity index (χ4v) is 2.93. The molecule has 0 unspecified atom stereocenters. The van der Waals surface area contributed by atoms with Crippen LogP contribution in [0, 0.1) is 0 Å². The van der Waals surface area contributed by atoms with Crippen molar-refractivity contribution in [3.8, 4) is 11.5 Å². The van der Waals surface area contributed by atoms with Crippen LogP contribution in [0.3, 0.4) is 0 Å². The van der Waals surface area contributed by atoms with Crippen LogP contribution in [-0.4, -0.2) is 51.5 Å². The van der Waals surface area contributed by atoms with Crippen LogP contribution in [0.1, 0.15) is 17.5 Å². The van der Waals surface area contributed by atoms with E-state index in [2.05, 4.69) is 4.74 Å². The third-order valence-corrected chi connectivity index (χ3v) is 4.40. The Kier molecular flexibility index (Phi) is 9.39. The number of hydrogen-bond acceptors (Lipinski definition) is 4. The lowest BCUT2D eigenvalue weighted by atomic mass is 10.0. The third kappa shape index (κ3) is 9.00. The summed E-state index contributed by atoms with van der Waals surface area (Å²) in [5.74, 6) is 0.974. The minimum Gasteiger partial charge on any atom is -0.491 e. The zero-order valence-electron chi connectivity index (χ0n) is 17.1. The van der Waals surface area contributed by atoms with Gasteiger partial charge in [-0.3, -0.25) is 4.74 Å². The number of halogens is 4. The highest BCUT2D eigenvalue weighted by molar-refractivity contribution is 5.35. The standard InChI is InChI=1S/C22H27F4NO3/c1-27(2)13-12-20(30-22(24,25)26)15-28-21-9-4-3-7-18(21)11-10-17-6-5-8-19(14-17)29-16-23/h3-9,14,20H,10-13,15-16H2,1-2H3/t20-/m1/s1. The lowest BCUT2D eigenvalue weighted by molar-refractivity contribution is -0.345. The summed E-state index contributed by atoms with van der Waals surface area (Å²) in [6.07, 6.45) is -4.37.